The van der Waals surface area contributed by atoms with E-state index in [4.69, 9.17) is 0 Å². The number of carbonyl (C=O) groups excluding carboxylic acids is 1. The SMILES string of the molecule is CNc1ccc2c(c1)C(C)CC(=O)N(C(C)C)C2. The molecule has 1 N–H and O–H groups in total. The van der Waals surface area contributed by atoms with E-state index in [0.717, 1.165) is 12.2 Å². The van der Waals surface area contributed by atoms with Crippen molar-refractivity contribution in [2.24, 2.45) is 0 Å². The molecule has 0 aliphatic carbocycles. The van der Waals surface area contributed by atoms with Crippen LogP contribution in [0.4, 0.5) is 5.69 Å². The highest BCUT2D eigenvalue weighted by molar-refractivity contribution is 5.78. The molecule has 3 nitrogen and oxygen atoms in total. The van der Waals surface area contributed by atoms with Crippen molar-refractivity contribution in [1.82, 2.24) is 4.90 Å². The molecular formula is C15H22N2O. The van der Waals surface area contributed by atoms with E-state index in [1.165, 1.54) is 11.1 Å². The zero-order valence-corrected chi connectivity index (χ0v) is 11.7. The van der Waals surface area contributed by atoms with Crippen LogP contribution in [0.25, 0.3) is 0 Å². The second-order valence-corrected chi connectivity index (χ2v) is 5.38. The molecule has 0 radical (unpaired) electrons. The van der Waals surface area contributed by atoms with Gasteiger partial charge in [-0.05, 0) is 43.0 Å². The van der Waals surface area contributed by atoms with Crippen molar-refractivity contribution < 1.29 is 4.79 Å². The van der Waals surface area contributed by atoms with E-state index >= 15 is 0 Å². The molecule has 1 aliphatic heterocycles. The quantitative estimate of drug-likeness (QED) is 0.870. The molecule has 2 rings (SSSR count). The normalized spacial score (nSPS) is 19.7. The number of benzene rings is 1. The fourth-order valence-electron chi connectivity index (χ4n) is 2.58. The maximum atomic E-state index is 12.2. The van der Waals surface area contributed by atoms with Crippen LogP contribution in [-0.4, -0.2) is 23.9 Å². The molecule has 0 fully saturated rings. The first-order valence-corrected chi connectivity index (χ1v) is 6.63. The number of fused-ring (bicyclic) bond motifs is 1. The first-order chi connectivity index (χ1) is 8.52. The Bertz CT molecular complexity index is 454. The molecule has 0 spiro atoms. The summed E-state index contributed by atoms with van der Waals surface area (Å²) in [6.07, 6.45) is 0.609. The van der Waals surface area contributed by atoms with Crippen molar-refractivity contribution in [2.45, 2.75) is 45.7 Å². The average Bonchev–Trinajstić information content (AvgIpc) is 2.46. The molecule has 3 heteroatoms. The molecule has 1 unspecified atom stereocenters. The Labute approximate surface area is 109 Å². The molecule has 0 aromatic heterocycles. The van der Waals surface area contributed by atoms with Crippen LogP contribution in [0.1, 0.15) is 44.2 Å². The number of nitrogens with one attached hydrogen (secondary N) is 1. The minimum atomic E-state index is 0.264. The largest absolute Gasteiger partial charge is 0.388 e. The summed E-state index contributed by atoms with van der Waals surface area (Å²) in [5.41, 5.74) is 3.70. The smallest absolute Gasteiger partial charge is 0.223 e. The summed E-state index contributed by atoms with van der Waals surface area (Å²) in [5.74, 6) is 0.559. The zero-order chi connectivity index (χ0) is 13.3. The lowest BCUT2D eigenvalue weighted by Gasteiger charge is -2.25. The van der Waals surface area contributed by atoms with Gasteiger partial charge in [-0.25, -0.2) is 0 Å². The van der Waals surface area contributed by atoms with Gasteiger partial charge in [-0.1, -0.05) is 13.0 Å². The first kappa shape index (κ1) is 12.9. The van der Waals surface area contributed by atoms with E-state index in [2.05, 4.69) is 44.3 Å². The van der Waals surface area contributed by atoms with Crippen LogP contribution >= 0.6 is 0 Å². The molecule has 1 amide bonds. The highest BCUT2D eigenvalue weighted by atomic mass is 16.2. The van der Waals surface area contributed by atoms with Crippen molar-refractivity contribution in [2.75, 3.05) is 12.4 Å². The van der Waals surface area contributed by atoms with Gasteiger partial charge >= 0.3 is 0 Å². The van der Waals surface area contributed by atoms with E-state index in [1.54, 1.807) is 0 Å². The zero-order valence-electron chi connectivity index (χ0n) is 11.7. The van der Waals surface area contributed by atoms with Gasteiger partial charge in [0.05, 0.1) is 0 Å². The number of hydrogen-bond donors (Lipinski definition) is 1. The molecular weight excluding hydrogens is 224 g/mol. The summed E-state index contributed by atoms with van der Waals surface area (Å²) < 4.78 is 0. The monoisotopic (exact) mass is 246 g/mol. The molecule has 18 heavy (non-hydrogen) atoms. The van der Waals surface area contributed by atoms with Gasteiger partial charge in [-0.15, -0.1) is 0 Å². The summed E-state index contributed by atoms with van der Waals surface area (Å²) in [4.78, 5) is 14.2. The third-order valence-electron chi connectivity index (χ3n) is 3.73. The molecule has 1 heterocycles. The number of hydrogen-bond acceptors (Lipinski definition) is 2. The van der Waals surface area contributed by atoms with Gasteiger partial charge in [0.25, 0.3) is 0 Å². The number of anilines is 1. The van der Waals surface area contributed by atoms with Gasteiger partial charge in [-0.2, -0.15) is 0 Å². The van der Waals surface area contributed by atoms with Gasteiger partial charge in [0, 0.05) is 31.7 Å². The third-order valence-corrected chi connectivity index (χ3v) is 3.73. The van der Waals surface area contributed by atoms with E-state index in [9.17, 15) is 4.79 Å². The van der Waals surface area contributed by atoms with Gasteiger partial charge in [-0.3, -0.25) is 4.79 Å². The van der Waals surface area contributed by atoms with Crippen LogP contribution in [0.3, 0.4) is 0 Å². The summed E-state index contributed by atoms with van der Waals surface area (Å²) >= 11 is 0. The second kappa shape index (κ2) is 5.01. The molecule has 98 valence electrons. The number of amides is 1. The van der Waals surface area contributed by atoms with Crippen molar-refractivity contribution in [3.63, 3.8) is 0 Å². The van der Waals surface area contributed by atoms with Crippen molar-refractivity contribution in [3.8, 4) is 0 Å². The summed E-state index contributed by atoms with van der Waals surface area (Å²) in [7, 11) is 1.93. The van der Waals surface area contributed by atoms with Crippen molar-refractivity contribution in [1.29, 1.82) is 0 Å². The van der Waals surface area contributed by atoms with Crippen molar-refractivity contribution in [3.05, 3.63) is 29.3 Å². The first-order valence-electron chi connectivity index (χ1n) is 6.63. The Morgan fingerprint density at radius 3 is 2.72 bits per heavy atom. The van der Waals surface area contributed by atoms with E-state index in [1.807, 2.05) is 11.9 Å². The van der Waals surface area contributed by atoms with Gasteiger partial charge < -0.3 is 10.2 Å². The fraction of sp³-hybridized carbons (Fsp3) is 0.533. The predicted octanol–water partition coefficient (Wildman–Crippen LogP) is 2.97. The lowest BCUT2D eigenvalue weighted by atomic mass is 9.94. The number of carbonyl (C=O) groups is 1. The number of rotatable bonds is 2. The highest BCUT2D eigenvalue weighted by Crippen LogP contribution is 2.31. The van der Waals surface area contributed by atoms with Crippen LogP contribution in [0.15, 0.2) is 18.2 Å². The van der Waals surface area contributed by atoms with Crippen molar-refractivity contribution >= 4 is 11.6 Å². The van der Waals surface area contributed by atoms with Crippen LogP contribution in [0, 0.1) is 0 Å². The molecule has 1 atom stereocenters. The Morgan fingerprint density at radius 2 is 2.11 bits per heavy atom. The molecule has 0 saturated heterocycles. The lowest BCUT2D eigenvalue weighted by molar-refractivity contribution is -0.133. The maximum Gasteiger partial charge on any atom is 0.223 e. The molecule has 1 aromatic rings. The van der Waals surface area contributed by atoms with Gasteiger partial charge in [0.15, 0.2) is 0 Å². The van der Waals surface area contributed by atoms with Crippen LogP contribution < -0.4 is 5.32 Å². The highest BCUT2D eigenvalue weighted by Gasteiger charge is 2.26. The molecule has 1 aliphatic rings. The minimum absolute atomic E-state index is 0.264. The maximum absolute atomic E-state index is 12.2. The second-order valence-electron chi connectivity index (χ2n) is 5.38. The predicted molar refractivity (Wildman–Crippen MR) is 74.7 cm³/mol. The summed E-state index contributed by atoms with van der Waals surface area (Å²) in [6, 6.07) is 6.67. The third kappa shape index (κ3) is 2.35. The van der Waals surface area contributed by atoms with Crippen LogP contribution in [0.5, 0.6) is 0 Å². The van der Waals surface area contributed by atoms with Gasteiger partial charge in [0.1, 0.15) is 0 Å². The lowest BCUT2D eigenvalue weighted by Crippen LogP contribution is -2.35. The topological polar surface area (TPSA) is 32.3 Å². The minimum Gasteiger partial charge on any atom is -0.388 e. The van der Waals surface area contributed by atoms with Crippen LogP contribution in [-0.2, 0) is 11.3 Å². The van der Waals surface area contributed by atoms with Gasteiger partial charge in [0.2, 0.25) is 5.91 Å². The Hall–Kier alpha value is -1.51. The molecule has 0 bridgehead atoms. The molecule has 1 aromatic carbocycles. The van der Waals surface area contributed by atoms with E-state index in [-0.39, 0.29) is 11.9 Å². The molecule has 0 saturated carbocycles. The average molecular weight is 246 g/mol. The Balaban J connectivity index is 2.41. The number of nitrogens with zero attached hydrogens (tertiary/aromatic N) is 1. The van der Waals surface area contributed by atoms with Crippen LogP contribution in [0.2, 0.25) is 0 Å². The van der Waals surface area contributed by atoms with E-state index in [0.29, 0.717) is 12.3 Å². The Morgan fingerprint density at radius 1 is 1.39 bits per heavy atom. The standard InChI is InChI=1S/C15H22N2O/c1-10(2)17-9-12-5-6-13(16-4)8-14(12)11(3)7-15(17)18/h5-6,8,10-11,16H,7,9H2,1-4H3. The van der Waals surface area contributed by atoms with E-state index < -0.39 is 0 Å². The summed E-state index contributed by atoms with van der Waals surface area (Å²) in [5, 5.41) is 3.16. The summed E-state index contributed by atoms with van der Waals surface area (Å²) in [6.45, 7) is 7.03. The fourth-order valence-corrected chi connectivity index (χ4v) is 2.58. The Kier molecular flexibility index (Phi) is 3.60.